The largest absolute Gasteiger partial charge is 0.453 e. The third kappa shape index (κ3) is 2.84. The molecule has 0 aliphatic rings. The third-order valence-corrected chi connectivity index (χ3v) is 2.59. The van der Waals surface area contributed by atoms with Gasteiger partial charge in [-0.05, 0) is 43.7 Å². The summed E-state index contributed by atoms with van der Waals surface area (Å²) in [4.78, 5) is 4.08. The van der Waals surface area contributed by atoms with Crippen LogP contribution in [0, 0.1) is 12.7 Å². The average molecular weight is 246 g/mol. The Kier molecular flexibility index (Phi) is 3.58. The van der Waals surface area contributed by atoms with Crippen molar-refractivity contribution in [2.24, 2.45) is 5.73 Å². The lowest BCUT2D eigenvalue weighted by molar-refractivity contribution is 0.439. The van der Waals surface area contributed by atoms with Crippen LogP contribution in [-0.2, 0) is 0 Å². The van der Waals surface area contributed by atoms with Crippen molar-refractivity contribution in [3.63, 3.8) is 0 Å². The normalized spacial score (nSPS) is 12.2. The second-order valence-corrected chi connectivity index (χ2v) is 4.22. The summed E-state index contributed by atoms with van der Waals surface area (Å²) in [5.74, 6) is 0.253. The van der Waals surface area contributed by atoms with Gasteiger partial charge in [0.1, 0.15) is 5.75 Å². The SMILES string of the molecule is Cc1ccc(Oc2ccc([C@H](C)N)cc2F)cn1. The van der Waals surface area contributed by atoms with Gasteiger partial charge < -0.3 is 10.5 Å². The summed E-state index contributed by atoms with van der Waals surface area (Å²) in [7, 11) is 0. The summed E-state index contributed by atoms with van der Waals surface area (Å²) in [6.45, 7) is 3.68. The van der Waals surface area contributed by atoms with Gasteiger partial charge in [0.25, 0.3) is 0 Å². The minimum absolute atomic E-state index is 0.171. The van der Waals surface area contributed by atoms with E-state index in [1.165, 1.54) is 6.07 Å². The Labute approximate surface area is 105 Å². The zero-order chi connectivity index (χ0) is 13.1. The lowest BCUT2D eigenvalue weighted by atomic mass is 10.1. The molecule has 0 fully saturated rings. The highest BCUT2D eigenvalue weighted by molar-refractivity contribution is 5.34. The van der Waals surface area contributed by atoms with Crippen LogP contribution in [0.25, 0.3) is 0 Å². The van der Waals surface area contributed by atoms with Gasteiger partial charge in [0.15, 0.2) is 11.6 Å². The maximum atomic E-state index is 13.8. The number of rotatable bonds is 3. The van der Waals surface area contributed by atoms with Gasteiger partial charge in [-0.25, -0.2) is 4.39 Å². The first-order valence-corrected chi connectivity index (χ1v) is 5.72. The Morgan fingerprint density at radius 1 is 1.28 bits per heavy atom. The van der Waals surface area contributed by atoms with E-state index in [0.717, 1.165) is 11.3 Å². The molecule has 4 heteroatoms. The van der Waals surface area contributed by atoms with Crippen molar-refractivity contribution in [2.45, 2.75) is 19.9 Å². The molecule has 0 saturated carbocycles. The van der Waals surface area contributed by atoms with Crippen LogP contribution >= 0.6 is 0 Å². The molecule has 1 aromatic carbocycles. The highest BCUT2D eigenvalue weighted by Crippen LogP contribution is 2.26. The standard InChI is InChI=1S/C14H15FN2O/c1-9-3-5-12(8-17-9)18-14-6-4-11(10(2)16)7-13(14)15/h3-8,10H,16H2,1-2H3/t10-/m0/s1. The summed E-state index contributed by atoms with van der Waals surface area (Å²) < 4.78 is 19.2. The Balaban J connectivity index is 2.22. The number of halogens is 1. The van der Waals surface area contributed by atoms with Crippen LogP contribution in [0.15, 0.2) is 36.5 Å². The zero-order valence-electron chi connectivity index (χ0n) is 10.4. The highest BCUT2D eigenvalue weighted by Gasteiger charge is 2.08. The highest BCUT2D eigenvalue weighted by atomic mass is 19.1. The molecular weight excluding hydrogens is 231 g/mol. The van der Waals surface area contributed by atoms with E-state index < -0.39 is 5.82 Å². The average Bonchev–Trinajstić information content (AvgIpc) is 2.34. The van der Waals surface area contributed by atoms with E-state index in [0.29, 0.717) is 5.75 Å². The molecule has 0 aliphatic carbocycles. The second-order valence-electron chi connectivity index (χ2n) is 4.22. The smallest absolute Gasteiger partial charge is 0.166 e. The van der Waals surface area contributed by atoms with Crippen LogP contribution in [0.1, 0.15) is 24.2 Å². The minimum atomic E-state index is -0.426. The first-order chi connectivity index (χ1) is 8.56. The molecule has 18 heavy (non-hydrogen) atoms. The van der Waals surface area contributed by atoms with Gasteiger partial charge in [0.05, 0.1) is 6.20 Å². The quantitative estimate of drug-likeness (QED) is 0.903. The van der Waals surface area contributed by atoms with Gasteiger partial charge >= 0.3 is 0 Å². The topological polar surface area (TPSA) is 48.1 Å². The fourth-order valence-corrected chi connectivity index (χ4v) is 1.52. The minimum Gasteiger partial charge on any atom is -0.453 e. The predicted molar refractivity (Wildman–Crippen MR) is 68.1 cm³/mol. The predicted octanol–water partition coefficient (Wildman–Crippen LogP) is 3.34. The van der Waals surface area contributed by atoms with Crippen LogP contribution in [0.3, 0.4) is 0 Å². The lowest BCUT2D eigenvalue weighted by Gasteiger charge is -2.10. The van der Waals surface area contributed by atoms with Gasteiger partial charge in [-0.15, -0.1) is 0 Å². The van der Waals surface area contributed by atoms with E-state index >= 15 is 0 Å². The number of pyridine rings is 1. The summed E-state index contributed by atoms with van der Waals surface area (Å²) in [6, 6.07) is 8.08. The van der Waals surface area contributed by atoms with Crippen molar-refractivity contribution in [3.8, 4) is 11.5 Å². The van der Waals surface area contributed by atoms with Crippen LogP contribution in [0.4, 0.5) is 4.39 Å². The molecule has 0 saturated heterocycles. The van der Waals surface area contributed by atoms with E-state index in [1.807, 2.05) is 13.0 Å². The monoisotopic (exact) mass is 246 g/mol. The molecule has 0 amide bonds. The van der Waals surface area contributed by atoms with E-state index in [-0.39, 0.29) is 11.8 Å². The van der Waals surface area contributed by atoms with Crippen LogP contribution in [-0.4, -0.2) is 4.98 Å². The molecule has 2 rings (SSSR count). The van der Waals surface area contributed by atoms with Crippen molar-refractivity contribution in [1.82, 2.24) is 4.98 Å². The molecule has 0 spiro atoms. The number of aromatic nitrogens is 1. The summed E-state index contributed by atoms with van der Waals surface area (Å²) in [6.07, 6.45) is 1.56. The number of nitrogens with zero attached hydrogens (tertiary/aromatic N) is 1. The first-order valence-electron chi connectivity index (χ1n) is 5.72. The molecule has 1 heterocycles. The number of aryl methyl sites for hydroxylation is 1. The Morgan fingerprint density at radius 3 is 2.61 bits per heavy atom. The Bertz CT molecular complexity index is 538. The summed E-state index contributed by atoms with van der Waals surface area (Å²) >= 11 is 0. The van der Waals surface area contributed by atoms with Crippen molar-refractivity contribution < 1.29 is 9.13 Å². The maximum absolute atomic E-state index is 13.8. The molecule has 0 aliphatic heterocycles. The van der Waals surface area contributed by atoms with Gasteiger partial charge in [-0.1, -0.05) is 6.07 Å². The lowest BCUT2D eigenvalue weighted by Crippen LogP contribution is -2.05. The molecule has 3 nitrogen and oxygen atoms in total. The first kappa shape index (κ1) is 12.5. The molecule has 0 radical (unpaired) electrons. The molecule has 2 aromatic rings. The van der Waals surface area contributed by atoms with Crippen molar-refractivity contribution in [1.29, 1.82) is 0 Å². The van der Waals surface area contributed by atoms with Crippen LogP contribution in [0.2, 0.25) is 0 Å². The molecule has 0 unspecified atom stereocenters. The summed E-state index contributed by atoms with van der Waals surface area (Å²) in [5.41, 5.74) is 7.31. The number of hydrogen-bond donors (Lipinski definition) is 1. The number of nitrogens with two attached hydrogens (primary N) is 1. The van der Waals surface area contributed by atoms with Crippen molar-refractivity contribution in [2.75, 3.05) is 0 Å². The zero-order valence-corrected chi connectivity index (χ0v) is 10.4. The van der Waals surface area contributed by atoms with E-state index in [4.69, 9.17) is 10.5 Å². The number of ether oxygens (including phenoxy) is 1. The molecule has 0 bridgehead atoms. The van der Waals surface area contributed by atoms with Crippen LogP contribution in [0.5, 0.6) is 11.5 Å². The van der Waals surface area contributed by atoms with Gasteiger partial charge in [-0.3, -0.25) is 4.98 Å². The van der Waals surface area contributed by atoms with Crippen molar-refractivity contribution >= 4 is 0 Å². The second kappa shape index (κ2) is 5.14. The summed E-state index contributed by atoms with van der Waals surface area (Å²) in [5, 5.41) is 0. The molecule has 1 atom stereocenters. The molecule has 2 N–H and O–H groups in total. The molecular formula is C14H15FN2O. The number of hydrogen-bond acceptors (Lipinski definition) is 3. The Hall–Kier alpha value is -1.94. The fourth-order valence-electron chi connectivity index (χ4n) is 1.52. The van der Waals surface area contributed by atoms with E-state index in [1.54, 1.807) is 31.3 Å². The van der Waals surface area contributed by atoms with Gasteiger partial charge in [-0.2, -0.15) is 0 Å². The fraction of sp³-hybridized carbons (Fsp3) is 0.214. The van der Waals surface area contributed by atoms with E-state index in [9.17, 15) is 4.39 Å². The molecule has 1 aromatic heterocycles. The third-order valence-electron chi connectivity index (χ3n) is 2.59. The van der Waals surface area contributed by atoms with Crippen molar-refractivity contribution in [3.05, 3.63) is 53.6 Å². The molecule has 94 valence electrons. The Morgan fingerprint density at radius 2 is 2.06 bits per heavy atom. The van der Waals surface area contributed by atoms with Gasteiger partial charge in [0, 0.05) is 11.7 Å². The maximum Gasteiger partial charge on any atom is 0.166 e. The van der Waals surface area contributed by atoms with Crippen LogP contribution < -0.4 is 10.5 Å². The van der Waals surface area contributed by atoms with Gasteiger partial charge in [0.2, 0.25) is 0 Å². The number of benzene rings is 1. The van der Waals surface area contributed by atoms with E-state index in [2.05, 4.69) is 4.98 Å².